The highest BCUT2D eigenvalue weighted by Crippen LogP contribution is 2.56. The molecule has 39 heavy (non-hydrogen) atoms. The minimum absolute atomic E-state index is 0.0881. The number of carbonyl (C=O) groups excluding carboxylic acids is 5. The van der Waals surface area contributed by atoms with E-state index in [1.165, 1.54) is 25.1 Å². The normalized spacial score (nSPS) is 26.2. The zero-order valence-electron chi connectivity index (χ0n) is 20.6. The van der Waals surface area contributed by atoms with Crippen molar-refractivity contribution in [1.29, 1.82) is 0 Å². The van der Waals surface area contributed by atoms with Gasteiger partial charge in [-0.05, 0) is 84.1 Å². The summed E-state index contributed by atoms with van der Waals surface area (Å²) in [4.78, 5) is 66.9. The summed E-state index contributed by atoms with van der Waals surface area (Å²) >= 11 is 9.48. The fraction of sp³-hybridized carbons (Fsp3) is 0.233. The molecule has 2 aromatic carbocycles. The van der Waals surface area contributed by atoms with Crippen LogP contribution in [0.4, 0.5) is 5.69 Å². The van der Waals surface area contributed by atoms with E-state index < -0.39 is 29.6 Å². The van der Waals surface area contributed by atoms with Gasteiger partial charge in [0.25, 0.3) is 0 Å². The van der Waals surface area contributed by atoms with Gasteiger partial charge in [0.2, 0.25) is 11.8 Å². The van der Waals surface area contributed by atoms with E-state index in [4.69, 9.17) is 11.6 Å². The van der Waals surface area contributed by atoms with E-state index in [2.05, 4.69) is 15.9 Å². The Hall–Kier alpha value is -3.62. The third kappa shape index (κ3) is 3.88. The fourth-order valence-electron chi connectivity index (χ4n) is 6.42. The number of Topliss-reactive ketones (excluding diaryl/α,β-unsaturated/α-hetero) is 2. The van der Waals surface area contributed by atoms with Crippen LogP contribution in [0.1, 0.15) is 41.6 Å². The first-order valence-electron chi connectivity index (χ1n) is 12.4. The quantitative estimate of drug-likeness (QED) is 0.222. The van der Waals surface area contributed by atoms with Crippen molar-refractivity contribution < 1.29 is 29.1 Å². The van der Waals surface area contributed by atoms with Gasteiger partial charge in [-0.1, -0.05) is 23.3 Å². The molecule has 0 spiro atoms. The van der Waals surface area contributed by atoms with E-state index in [9.17, 15) is 29.1 Å². The average molecular weight is 607 g/mol. The van der Waals surface area contributed by atoms with Gasteiger partial charge in [0.05, 0.1) is 22.0 Å². The molecule has 1 N–H and O–H groups in total. The number of fused-ring (bicyclic) bond motifs is 3. The van der Waals surface area contributed by atoms with E-state index in [1.807, 2.05) is 6.08 Å². The molecule has 196 valence electrons. The largest absolute Gasteiger partial charge is 0.508 e. The molecule has 1 aliphatic heterocycles. The Morgan fingerprint density at radius 1 is 1.03 bits per heavy atom. The zero-order valence-corrected chi connectivity index (χ0v) is 23.0. The number of ketones is 3. The number of hydrogen-bond acceptors (Lipinski definition) is 6. The van der Waals surface area contributed by atoms with Crippen LogP contribution in [-0.2, 0) is 19.2 Å². The summed E-state index contributed by atoms with van der Waals surface area (Å²) in [5, 5.41) is 11.2. The van der Waals surface area contributed by atoms with E-state index in [-0.39, 0.29) is 57.5 Å². The lowest BCUT2D eigenvalue weighted by atomic mass is 9.59. The zero-order chi connectivity index (χ0) is 27.7. The van der Waals surface area contributed by atoms with Crippen LogP contribution < -0.4 is 4.90 Å². The smallest absolute Gasteiger partial charge is 0.238 e. The number of phenolic OH excluding ortho intramolecular Hbond substituents is 1. The van der Waals surface area contributed by atoms with Crippen LogP contribution in [0.25, 0.3) is 0 Å². The van der Waals surface area contributed by atoms with Gasteiger partial charge in [0.1, 0.15) is 5.75 Å². The summed E-state index contributed by atoms with van der Waals surface area (Å²) in [6.45, 7) is 1.44. The minimum atomic E-state index is -0.793. The number of allylic oxidation sites excluding steroid dienone is 6. The number of halogens is 2. The Bertz CT molecular complexity index is 1620. The molecule has 2 aromatic rings. The highest BCUT2D eigenvalue weighted by Gasteiger charge is 2.56. The van der Waals surface area contributed by atoms with Gasteiger partial charge in [0, 0.05) is 39.3 Å². The molecule has 2 amide bonds. The topological polar surface area (TPSA) is 109 Å². The van der Waals surface area contributed by atoms with Crippen LogP contribution in [0.2, 0.25) is 5.02 Å². The number of hydrogen-bond donors (Lipinski definition) is 1. The molecule has 0 bridgehead atoms. The summed E-state index contributed by atoms with van der Waals surface area (Å²) in [6, 6.07) is 10.9. The molecule has 0 unspecified atom stereocenters. The van der Waals surface area contributed by atoms with Crippen LogP contribution in [-0.4, -0.2) is 34.3 Å². The van der Waals surface area contributed by atoms with Gasteiger partial charge >= 0.3 is 0 Å². The summed E-state index contributed by atoms with van der Waals surface area (Å²) in [6.07, 6.45) is 3.49. The van der Waals surface area contributed by atoms with Crippen molar-refractivity contribution in [2.24, 2.45) is 17.8 Å². The van der Waals surface area contributed by atoms with E-state index in [0.29, 0.717) is 21.8 Å². The molecule has 0 radical (unpaired) electrons. The third-order valence-corrected chi connectivity index (χ3v) is 8.99. The first-order chi connectivity index (χ1) is 18.6. The van der Waals surface area contributed by atoms with Gasteiger partial charge in [-0.2, -0.15) is 0 Å². The van der Waals surface area contributed by atoms with Crippen molar-refractivity contribution in [2.75, 3.05) is 4.90 Å². The predicted molar refractivity (Wildman–Crippen MR) is 147 cm³/mol. The van der Waals surface area contributed by atoms with E-state index in [0.717, 1.165) is 10.5 Å². The van der Waals surface area contributed by atoms with Crippen molar-refractivity contribution in [3.05, 3.63) is 92.0 Å². The monoisotopic (exact) mass is 605 g/mol. The Balaban J connectivity index is 1.47. The van der Waals surface area contributed by atoms with Gasteiger partial charge in [-0.3, -0.25) is 28.9 Å². The van der Waals surface area contributed by atoms with Crippen LogP contribution in [0, 0.1) is 17.8 Å². The molecule has 6 rings (SSSR count). The van der Waals surface area contributed by atoms with Crippen LogP contribution >= 0.6 is 27.5 Å². The SMILES string of the molecule is CC(=O)c1ccc(N2C(=O)[C@H]3[C@H](CC=C4[C@H](c5cc(Cl)ccc5O)C5=C(C[C@H]43)C(=O)C(Br)=CC5=O)C2=O)cc1. The minimum Gasteiger partial charge on any atom is -0.508 e. The summed E-state index contributed by atoms with van der Waals surface area (Å²) < 4.78 is 0.126. The maximum absolute atomic E-state index is 13.9. The van der Waals surface area contributed by atoms with Gasteiger partial charge in [-0.25, -0.2) is 0 Å². The van der Waals surface area contributed by atoms with Gasteiger partial charge in [-0.15, -0.1) is 0 Å². The summed E-state index contributed by atoms with van der Waals surface area (Å²) in [5.74, 6) is -4.39. The molecule has 7 nitrogen and oxygen atoms in total. The number of nitrogens with zero attached hydrogens (tertiary/aromatic N) is 1. The van der Waals surface area contributed by atoms with E-state index >= 15 is 0 Å². The highest BCUT2D eigenvalue weighted by atomic mass is 79.9. The van der Waals surface area contributed by atoms with Gasteiger partial charge < -0.3 is 5.11 Å². The van der Waals surface area contributed by atoms with Crippen molar-refractivity contribution >= 4 is 62.4 Å². The number of amides is 2. The number of rotatable bonds is 3. The standard InChI is InChI=1S/C30H21BrClNO6/c1-13(34)14-2-5-16(6-3-14)33-29(38)18-8-7-17-19(26(18)30(33)39)11-21-27(24(36)12-22(31)28(21)37)25(17)20-10-15(32)4-9-23(20)35/h2-7,9-10,12,18-19,25-26,35H,8,11H2,1H3/t18-,19+,25+,26-/m0/s1. The van der Waals surface area contributed by atoms with Crippen LogP contribution in [0.15, 0.2) is 75.8 Å². The lowest BCUT2D eigenvalue weighted by Gasteiger charge is -2.42. The molecular formula is C30H21BrClNO6. The van der Waals surface area contributed by atoms with Crippen LogP contribution in [0.3, 0.4) is 0 Å². The molecule has 0 aromatic heterocycles. The molecule has 4 aliphatic rings. The second-order valence-corrected chi connectivity index (χ2v) is 11.5. The van der Waals surface area contributed by atoms with Crippen molar-refractivity contribution in [1.82, 2.24) is 0 Å². The Morgan fingerprint density at radius 3 is 2.44 bits per heavy atom. The number of benzene rings is 2. The highest BCUT2D eigenvalue weighted by molar-refractivity contribution is 9.12. The molecule has 3 aliphatic carbocycles. The number of carbonyl (C=O) groups is 5. The average Bonchev–Trinajstić information content (AvgIpc) is 3.17. The number of phenols is 1. The van der Waals surface area contributed by atoms with Crippen molar-refractivity contribution in [3.8, 4) is 5.75 Å². The van der Waals surface area contributed by atoms with Gasteiger partial charge in [0.15, 0.2) is 17.3 Å². The second kappa shape index (κ2) is 9.24. The fourth-order valence-corrected chi connectivity index (χ4v) is 7.05. The molecule has 9 heteroatoms. The Morgan fingerprint density at radius 2 is 1.74 bits per heavy atom. The molecule has 1 saturated heterocycles. The lowest BCUT2D eigenvalue weighted by Crippen LogP contribution is -2.39. The molecule has 4 atom stereocenters. The maximum atomic E-state index is 13.9. The first kappa shape index (κ1) is 25.6. The molecule has 0 saturated carbocycles. The first-order valence-corrected chi connectivity index (χ1v) is 13.6. The molecular weight excluding hydrogens is 586 g/mol. The number of imide groups is 1. The maximum Gasteiger partial charge on any atom is 0.238 e. The van der Waals surface area contributed by atoms with Crippen molar-refractivity contribution in [2.45, 2.75) is 25.7 Å². The predicted octanol–water partition coefficient (Wildman–Crippen LogP) is 5.21. The lowest BCUT2D eigenvalue weighted by molar-refractivity contribution is -0.123. The van der Waals surface area contributed by atoms with Crippen LogP contribution in [0.5, 0.6) is 5.75 Å². The summed E-state index contributed by atoms with van der Waals surface area (Å²) in [5.41, 5.74) is 2.45. The third-order valence-electron chi connectivity index (χ3n) is 8.16. The molecule has 1 heterocycles. The second-order valence-electron chi connectivity index (χ2n) is 10.2. The molecule has 1 fully saturated rings. The van der Waals surface area contributed by atoms with Crippen molar-refractivity contribution in [3.63, 3.8) is 0 Å². The number of aromatic hydroxyl groups is 1. The van der Waals surface area contributed by atoms with E-state index in [1.54, 1.807) is 30.3 Å². The number of anilines is 1. The summed E-state index contributed by atoms with van der Waals surface area (Å²) in [7, 11) is 0. The Kier molecular flexibility index (Phi) is 6.08. The Labute approximate surface area is 236 Å².